The minimum absolute atomic E-state index is 0.00716. The first-order chi connectivity index (χ1) is 9.74. The Kier molecular flexibility index (Phi) is 5.52. The predicted octanol–water partition coefficient (Wildman–Crippen LogP) is 2.30. The van der Waals surface area contributed by atoms with Gasteiger partial charge in [0.1, 0.15) is 17.6 Å². The van der Waals surface area contributed by atoms with E-state index in [1.54, 1.807) is 19.9 Å². The number of nitriles is 1. The highest BCUT2D eigenvalue weighted by Gasteiger charge is 2.33. The SMILES string of the molecule is CC(C)NC(=O)CCNc1nc(C(F)(F)F)ccc1C#N. The molecule has 1 aromatic heterocycles. The van der Waals surface area contributed by atoms with Gasteiger partial charge in [0.2, 0.25) is 5.91 Å². The smallest absolute Gasteiger partial charge is 0.368 e. The molecule has 0 aliphatic carbocycles. The fourth-order valence-corrected chi connectivity index (χ4v) is 1.53. The van der Waals surface area contributed by atoms with Crippen molar-refractivity contribution in [1.82, 2.24) is 10.3 Å². The molecular formula is C13H15F3N4O. The number of nitrogens with zero attached hydrogens (tertiary/aromatic N) is 2. The van der Waals surface area contributed by atoms with Crippen molar-refractivity contribution in [2.45, 2.75) is 32.5 Å². The molecule has 21 heavy (non-hydrogen) atoms. The second kappa shape index (κ2) is 6.92. The van der Waals surface area contributed by atoms with Gasteiger partial charge in [-0.25, -0.2) is 4.98 Å². The van der Waals surface area contributed by atoms with Crippen LogP contribution in [-0.2, 0) is 11.0 Å². The zero-order valence-corrected chi connectivity index (χ0v) is 11.6. The number of anilines is 1. The van der Waals surface area contributed by atoms with E-state index >= 15 is 0 Å². The van der Waals surface area contributed by atoms with Crippen LogP contribution in [0, 0.1) is 11.3 Å². The van der Waals surface area contributed by atoms with Crippen LogP contribution in [0.2, 0.25) is 0 Å². The average molecular weight is 300 g/mol. The van der Waals surface area contributed by atoms with Gasteiger partial charge in [0.05, 0.1) is 5.56 Å². The van der Waals surface area contributed by atoms with Crippen molar-refractivity contribution in [3.63, 3.8) is 0 Å². The number of alkyl halides is 3. The zero-order valence-electron chi connectivity index (χ0n) is 11.6. The third-order valence-electron chi connectivity index (χ3n) is 2.40. The molecule has 8 heteroatoms. The van der Waals surface area contributed by atoms with Crippen LogP contribution in [0.5, 0.6) is 0 Å². The van der Waals surface area contributed by atoms with E-state index in [1.807, 2.05) is 0 Å². The van der Waals surface area contributed by atoms with Gasteiger partial charge in [-0.05, 0) is 26.0 Å². The molecule has 1 heterocycles. The standard InChI is InChI=1S/C13H15F3N4O/c1-8(2)19-11(21)5-6-18-12-9(7-17)3-4-10(20-12)13(14,15)16/h3-4,8H,5-6H2,1-2H3,(H,18,20)(H,19,21). The number of rotatable bonds is 5. The van der Waals surface area contributed by atoms with Crippen molar-refractivity contribution in [2.24, 2.45) is 0 Å². The Labute approximate surface area is 120 Å². The van der Waals surface area contributed by atoms with E-state index in [1.165, 1.54) is 0 Å². The number of nitrogens with one attached hydrogen (secondary N) is 2. The fraction of sp³-hybridized carbons (Fsp3) is 0.462. The number of carbonyl (C=O) groups is 1. The number of hydrogen-bond acceptors (Lipinski definition) is 4. The van der Waals surface area contributed by atoms with E-state index in [9.17, 15) is 18.0 Å². The quantitative estimate of drug-likeness (QED) is 0.874. The van der Waals surface area contributed by atoms with Crippen molar-refractivity contribution in [2.75, 3.05) is 11.9 Å². The molecule has 0 radical (unpaired) electrons. The lowest BCUT2D eigenvalue weighted by atomic mass is 10.2. The Morgan fingerprint density at radius 1 is 1.43 bits per heavy atom. The van der Waals surface area contributed by atoms with Gasteiger partial charge in [0, 0.05) is 19.0 Å². The van der Waals surface area contributed by atoms with Crippen LogP contribution in [0.4, 0.5) is 19.0 Å². The summed E-state index contributed by atoms with van der Waals surface area (Å²) in [4.78, 5) is 14.8. The molecule has 0 saturated carbocycles. The van der Waals surface area contributed by atoms with Crippen molar-refractivity contribution >= 4 is 11.7 Å². The number of aromatic nitrogens is 1. The maximum absolute atomic E-state index is 12.6. The van der Waals surface area contributed by atoms with Gasteiger partial charge in [-0.3, -0.25) is 4.79 Å². The van der Waals surface area contributed by atoms with E-state index in [0.717, 1.165) is 12.1 Å². The molecular weight excluding hydrogens is 285 g/mol. The van der Waals surface area contributed by atoms with Gasteiger partial charge in [0.15, 0.2) is 0 Å². The van der Waals surface area contributed by atoms with E-state index in [4.69, 9.17) is 5.26 Å². The lowest BCUT2D eigenvalue weighted by Gasteiger charge is -2.12. The topological polar surface area (TPSA) is 77.8 Å². The third-order valence-corrected chi connectivity index (χ3v) is 2.40. The second-order valence-corrected chi connectivity index (χ2v) is 4.60. The minimum Gasteiger partial charge on any atom is -0.368 e. The first kappa shape index (κ1) is 16.8. The first-order valence-electron chi connectivity index (χ1n) is 6.25. The second-order valence-electron chi connectivity index (χ2n) is 4.60. The van der Waals surface area contributed by atoms with E-state index in [-0.39, 0.29) is 36.3 Å². The average Bonchev–Trinajstić information content (AvgIpc) is 2.36. The van der Waals surface area contributed by atoms with Crippen molar-refractivity contribution in [3.8, 4) is 6.07 Å². The summed E-state index contributed by atoms with van der Waals surface area (Å²) in [6.07, 6.45) is -4.51. The van der Waals surface area contributed by atoms with Gasteiger partial charge >= 0.3 is 6.18 Å². The molecule has 0 unspecified atom stereocenters. The number of carbonyl (C=O) groups excluding carboxylic acids is 1. The molecule has 0 saturated heterocycles. The molecule has 0 aromatic carbocycles. The van der Waals surface area contributed by atoms with Crippen molar-refractivity contribution in [3.05, 3.63) is 23.4 Å². The normalized spacial score (nSPS) is 11.1. The van der Waals surface area contributed by atoms with Crippen LogP contribution in [0.3, 0.4) is 0 Å². The number of halogens is 3. The van der Waals surface area contributed by atoms with Gasteiger partial charge < -0.3 is 10.6 Å². The van der Waals surface area contributed by atoms with Crippen molar-refractivity contribution < 1.29 is 18.0 Å². The zero-order chi connectivity index (χ0) is 16.0. The number of amides is 1. The van der Waals surface area contributed by atoms with Crippen LogP contribution >= 0.6 is 0 Å². The van der Waals surface area contributed by atoms with Crippen LogP contribution < -0.4 is 10.6 Å². The molecule has 0 fully saturated rings. The maximum Gasteiger partial charge on any atom is 0.433 e. The van der Waals surface area contributed by atoms with E-state index in [0.29, 0.717) is 0 Å². The van der Waals surface area contributed by atoms with Gasteiger partial charge in [-0.1, -0.05) is 0 Å². The summed E-state index contributed by atoms with van der Waals surface area (Å²) in [6.45, 7) is 3.68. The molecule has 0 aliphatic rings. The number of hydrogen-bond donors (Lipinski definition) is 2. The van der Waals surface area contributed by atoms with Gasteiger partial charge in [-0.15, -0.1) is 0 Å². The first-order valence-corrected chi connectivity index (χ1v) is 6.25. The molecule has 1 amide bonds. The molecule has 0 atom stereocenters. The summed E-state index contributed by atoms with van der Waals surface area (Å²) < 4.78 is 37.7. The lowest BCUT2D eigenvalue weighted by molar-refractivity contribution is -0.141. The largest absolute Gasteiger partial charge is 0.433 e. The maximum atomic E-state index is 12.6. The molecule has 114 valence electrons. The van der Waals surface area contributed by atoms with Crippen LogP contribution in [0.15, 0.2) is 12.1 Å². The Morgan fingerprint density at radius 3 is 2.62 bits per heavy atom. The monoisotopic (exact) mass is 300 g/mol. The molecule has 1 rings (SSSR count). The fourth-order valence-electron chi connectivity index (χ4n) is 1.53. The highest BCUT2D eigenvalue weighted by molar-refractivity contribution is 5.76. The molecule has 0 spiro atoms. The van der Waals surface area contributed by atoms with Crippen LogP contribution in [-0.4, -0.2) is 23.5 Å². The Balaban J connectivity index is 2.74. The van der Waals surface area contributed by atoms with E-state index < -0.39 is 11.9 Å². The summed E-state index contributed by atoms with van der Waals surface area (Å²) >= 11 is 0. The Morgan fingerprint density at radius 2 is 2.10 bits per heavy atom. The summed E-state index contributed by atoms with van der Waals surface area (Å²) in [5.74, 6) is -0.410. The highest BCUT2D eigenvalue weighted by Crippen LogP contribution is 2.29. The third kappa shape index (κ3) is 5.30. The summed E-state index contributed by atoms with van der Waals surface area (Å²) in [7, 11) is 0. The predicted molar refractivity (Wildman–Crippen MR) is 70.3 cm³/mol. The molecule has 0 bridgehead atoms. The number of pyridine rings is 1. The van der Waals surface area contributed by atoms with Gasteiger partial charge in [0.25, 0.3) is 0 Å². The van der Waals surface area contributed by atoms with Gasteiger partial charge in [-0.2, -0.15) is 18.4 Å². The lowest BCUT2D eigenvalue weighted by Crippen LogP contribution is -2.31. The van der Waals surface area contributed by atoms with Crippen molar-refractivity contribution in [1.29, 1.82) is 5.26 Å². The Hall–Kier alpha value is -2.30. The minimum atomic E-state index is -4.58. The van der Waals surface area contributed by atoms with Crippen LogP contribution in [0.1, 0.15) is 31.5 Å². The van der Waals surface area contributed by atoms with E-state index in [2.05, 4.69) is 15.6 Å². The summed E-state index contributed by atoms with van der Waals surface area (Å²) in [6, 6.07) is 3.53. The highest BCUT2D eigenvalue weighted by atomic mass is 19.4. The molecule has 2 N–H and O–H groups in total. The summed E-state index contributed by atoms with van der Waals surface area (Å²) in [5, 5.41) is 14.1. The van der Waals surface area contributed by atoms with Crippen LogP contribution in [0.25, 0.3) is 0 Å². The molecule has 5 nitrogen and oxygen atoms in total. The molecule has 1 aromatic rings. The summed E-state index contributed by atoms with van der Waals surface area (Å²) in [5.41, 5.74) is -1.09. The Bertz CT molecular complexity index is 549. The molecule has 0 aliphatic heterocycles.